The largest absolute Gasteiger partial charge is 0.335 e. The van der Waals surface area contributed by atoms with Gasteiger partial charge in [-0.3, -0.25) is 14.9 Å². The second-order valence-electron chi connectivity index (χ2n) is 7.88. The topological polar surface area (TPSA) is 66.5 Å². The number of amides is 4. The number of nitrogens with one attached hydrogen (secondary N) is 1. The molecule has 33 heavy (non-hydrogen) atoms. The summed E-state index contributed by atoms with van der Waals surface area (Å²) >= 11 is 3.42. The van der Waals surface area contributed by atoms with Crippen molar-refractivity contribution >= 4 is 45.5 Å². The molecule has 1 heterocycles. The predicted octanol–water partition coefficient (Wildman–Crippen LogP) is 5.46. The molecule has 1 fully saturated rings. The van der Waals surface area contributed by atoms with Crippen molar-refractivity contribution in [3.8, 4) is 0 Å². The summed E-state index contributed by atoms with van der Waals surface area (Å²) in [5, 5.41) is 2.25. The molecule has 0 spiro atoms. The van der Waals surface area contributed by atoms with E-state index in [0.717, 1.165) is 31.6 Å². The molecule has 1 saturated heterocycles. The van der Waals surface area contributed by atoms with Crippen LogP contribution in [0.25, 0.3) is 6.08 Å². The van der Waals surface area contributed by atoms with Gasteiger partial charge in [0.2, 0.25) is 0 Å². The van der Waals surface area contributed by atoms with Gasteiger partial charge in [0.15, 0.2) is 0 Å². The Kier molecular flexibility index (Phi) is 6.24. The van der Waals surface area contributed by atoms with E-state index in [1.165, 1.54) is 18.2 Å². The van der Waals surface area contributed by atoms with Crippen LogP contribution in [0.5, 0.6) is 0 Å². The third-order valence-corrected chi connectivity index (χ3v) is 6.03. The Morgan fingerprint density at radius 2 is 1.76 bits per heavy atom. The van der Waals surface area contributed by atoms with E-state index in [4.69, 9.17) is 0 Å². The molecular weight excluding hydrogens is 487 g/mol. The first-order valence-electron chi connectivity index (χ1n) is 10.2. The number of aryl methyl sites for hydroxylation is 2. The van der Waals surface area contributed by atoms with Crippen molar-refractivity contribution in [1.29, 1.82) is 0 Å². The van der Waals surface area contributed by atoms with Crippen LogP contribution in [-0.4, -0.2) is 17.8 Å². The molecule has 0 saturated carbocycles. The Balaban J connectivity index is 1.75. The summed E-state index contributed by atoms with van der Waals surface area (Å²) in [6.07, 6.45) is 1.87. The summed E-state index contributed by atoms with van der Waals surface area (Å²) < 4.78 is 14.4. The van der Waals surface area contributed by atoms with Crippen LogP contribution in [0.2, 0.25) is 0 Å². The van der Waals surface area contributed by atoms with E-state index in [2.05, 4.69) is 21.2 Å². The highest BCUT2D eigenvalue weighted by Gasteiger charge is 2.37. The molecule has 0 radical (unpaired) electrons. The Labute approximate surface area is 199 Å². The number of rotatable bonds is 4. The van der Waals surface area contributed by atoms with Crippen molar-refractivity contribution in [3.05, 3.63) is 104 Å². The summed E-state index contributed by atoms with van der Waals surface area (Å²) in [6, 6.07) is 16.1. The van der Waals surface area contributed by atoms with Crippen molar-refractivity contribution in [1.82, 2.24) is 5.32 Å². The predicted molar refractivity (Wildman–Crippen MR) is 128 cm³/mol. The summed E-state index contributed by atoms with van der Waals surface area (Å²) in [7, 11) is 0. The first-order valence-corrected chi connectivity index (χ1v) is 11.0. The third-order valence-electron chi connectivity index (χ3n) is 5.54. The lowest BCUT2D eigenvalue weighted by molar-refractivity contribution is -0.122. The maximum atomic E-state index is 13.6. The maximum absolute atomic E-state index is 13.6. The molecule has 1 aliphatic rings. The monoisotopic (exact) mass is 506 g/mol. The SMILES string of the molecule is Cc1ccc(N2C(=O)NC(=O)/C(=C\c3cc(Br)ccc3Cc3cccc(F)c3)C2=O)cc1C. The lowest BCUT2D eigenvalue weighted by atomic mass is 9.97. The van der Waals surface area contributed by atoms with Crippen molar-refractivity contribution in [2.75, 3.05) is 4.90 Å². The van der Waals surface area contributed by atoms with Crippen LogP contribution in [0.3, 0.4) is 0 Å². The van der Waals surface area contributed by atoms with Gasteiger partial charge in [0.25, 0.3) is 11.8 Å². The number of carbonyl (C=O) groups excluding carboxylic acids is 3. The second kappa shape index (κ2) is 9.11. The number of benzene rings is 3. The highest BCUT2D eigenvalue weighted by atomic mass is 79.9. The zero-order valence-corrected chi connectivity index (χ0v) is 19.6. The second-order valence-corrected chi connectivity index (χ2v) is 8.79. The van der Waals surface area contributed by atoms with E-state index in [0.29, 0.717) is 17.7 Å². The van der Waals surface area contributed by atoms with Gasteiger partial charge < -0.3 is 0 Å². The zero-order chi connectivity index (χ0) is 23.7. The number of imide groups is 2. The van der Waals surface area contributed by atoms with Crippen LogP contribution in [-0.2, 0) is 16.0 Å². The Morgan fingerprint density at radius 3 is 2.48 bits per heavy atom. The average molecular weight is 507 g/mol. The normalized spacial score (nSPS) is 15.2. The Bertz CT molecular complexity index is 1330. The van der Waals surface area contributed by atoms with Gasteiger partial charge in [0.1, 0.15) is 11.4 Å². The van der Waals surface area contributed by atoms with Crippen LogP contribution >= 0.6 is 15.9 Å². The summed E-state index contributed by atoms with van der Waals surface area (Å²) in [5.41, 5.74) is 4.32. The van der Waals surface area contributed by atoms with E-state index >= 15 is 0 Å². The molecule has 166 valence electrons. The molecule has 3 aromatic rings. The van der Waals surface area contributed by atoms with Crippen molar-refractivity contribution in [2.24, 2.45) is 0 Å². The van der Waals surface area contributed by atoms with Gasteiger partial charge in [-0.05, 0) is 90.6 Å². The molecule has 1 N–H and O–H groups in total. The van der Waals surface area contributed by atoms with Crippen molar-refractivity contribution < 1.29 is 18.8 Å². The molecule has 4 amide bonds. The van der Waals surface area contributed by atoms with Gasteiger partial charge in [-0.15, -0.1) is 0 Å². The molecule has 0 unspecified atom stereocenters. The minimum atomic E-state index is -0.792. The molecule has 7 heteroatoms. The number of carbonyl (C=O) groups is 3. The lowest BCUT2D eigenvalue weighted by Crippen LogP contribution is -2.54. The van der Waals surface area contributed by atoms with Gasteiger partial charge >= 0.3 is 6.03 Å². The highest BCUT2D eigenvalue weighted by Crippen LogP contribution is 2.27. The quantitative estimate of drug-likeness (QED) is 0.377. The smallest absolute Gasteiger partial charge is 0.273 e. The number of nitrogens with zero attached hydrogens (tertiary/aromatic N) is 1. The van der Waals surface area contributed by atoms with Crippen LogP contribution in [0, 0.1) is 19.7 Å². The first kappa shape index (κ1) is 22.6. The molecule has 1 aliphatic heterocycles. The Morgan fingerprint density at radius 1 is 0.970 bits per heavy atom. The minimum Gasteiger partial charge on any atom is -0.273 e. The van der Waals surface area contributed by atoms with Crippen LogP contribution < -0.4 is 10.2 Å². The molecule has 5 nitrogen and oxygen atoms in total. The van der Waals surface area contributed by atoms with E-state index < -0.39 is 17.8 Å². The Hall–Kier alpha value is -3.58. The fourth-order valence-corrected chi connectivity index (χ4v) is 4.02. The van der Waals surface area contributed by atoms with E-state index in [1.807, 2.05) is 32.0 Å². The number of anilines is 1. The lowest BCUT2D eigenvalue weighted by Gasteiger charge is -2.27. The van der Waals surface area contributed by atoms with Crippen LogP contribution in [0.1, 0.15) is 27.8 Å². The minimum absolute atomic E-state index is 0.161. The van der Waals surface area contributed by atoms with Crippen molar-refractivity contribution in [2.45, 2.75) is 20.3 Å². The van der Waals surface area contributed by atoms with Crippen molar-refractivity contribution in [3.63, 3.8) is 0 Å². The van der Waals surface area contributed by atoms with Gasteiger partial charge in [-0.1, -0.05) is 40.2 Å². The van der Waals surface area contributed by atoms with Gasteiger partial charge in [0.05, 0.1) is 5.69 Å². The summed E-state index contributed by atoms with van der Waals surface area (Å²) in [5.74, 6) is -1.81. The average Bonchev–Trinajstić information content (AvgIpc) is 2.75. The third kappa shape index (κ3) is 4.78. The number of hydrogen-bond acceptors (Lipinski definition) is 3. The number of urea groups is 1. The van der Waals surface area contributed by atoms with Gasteiger partial charge in [0, 0.05) is 4.47 Å². The van der Waals surface area contributed by atoms with Crippen LogP contribution in [0.15, 0.2) is 70.7 Å². The number of hydrogen-bond donors (Lipinski definition) is 1. The van der Waals surface area contributed by atoms with Gasteiger partial charge in [-0.25, -0.2) is 14.1 Å². The van der Waals surface area contributed by atoms with Gasteiger partial charge in [-0.2, -0.15) is 0 Å². The van der Waals surface area contributed by atoms with Crippen LogP contribution in [0.4, 0.5) is 14.9 Å². The summed E-state index contributed by atoms with van der Waals surface area (Å²) in [6.45, 7) is 3.81. The highest BCUT2D eigenvalue weighted by molar-refractivity contribution is 9.10. The molecule has 4 rings (SSSR count). The molecule has 0 bridgehead atoms. The number of barbiturate groups is 1. The number of halogens is 2. The molecule has 0 atom stereocenters. The molecule has 0 aromatic heterocycles. The maximum Gasteiger partial charge on any atom is 0.335 e. The molecular formula is C26H20BrFN2O3. The molecule has 0 aliphatic carbocycles. The zero-order valence-electron chi connectivity index (χ0n) is 18.0. The fraction of sp³-hybridized carbons (Fsp3) is 0.115. The van der Waals surface area contributed by atoms with E-state index in [9.17, 15) is 18.8 Å². The van der Waals surface area contributed by atoms with E-state index in [-0.39, 0.29) is 11.4 Å². The van der Waals surface area contributed by atoms with E-state index in [1.54, 1.807) is 30.3 Å². The standard InChI is InChI=1S/C26H20BrFN2O3/c1-15-6-9-22(10-16(15)2)30-25(32)23(24(31)29-26(30)33)14-19-13-20(27)8-7-18(19)11-17-4-3-5-21(28)12-17/h3-10,12-14H,11H2,1-2H3,(H,29,31,33)/b23-14+. The summed E-state index contributed by atoms with van der Waals surface area (Å²) in [4.78, 5) is 39.3. The molecule has 3 aromatic carbocycles. The first-order chi connectivity index (χ1) is 15.7. The fourth-order valence-electron chi connectivity index (χ4n) is 3.64.